The van der Waals surface area contributed by atoms with Crippen LogP contribution in [0.1, 0.15) is 33.4 Å². The van der Waals surface area contributed by atoms with E-state index in [1.54, 1.807) is 0 Å². The second-order valence-electron chi connectivity index (χ2n) is 8.77. The van der Waals surface area contributed by atoms with Crippen LogP contribution in [-0.4, -0.2) is 29.5 Å². The number of rotatable bonds is 9. The van der Waals surface area contributed by atoms with Crippen LogP contribution >= 0.6 is 0 Å². The molecule has 3 nitrogen and oxygen atoms in total. The van der Waals surface area contributed by atoms with E-state index < -0.39 is 54.8 Å². The number of alkyl halides is 10. The molecular weight excluding hydrogens is 548 g/mol. The lowest BCUT2D eigenvalue weighted by molar-refractivity contribution is -0.257. The molecule has 1 atom stereocenters. The summed E-state index contributed by atoms with van der Waals surface area (Å²) in [6, 6.07) is 12.8. The quantitative estimate of drug-likeness (QED) is 0.218. The van der Waals surface area contributed by atoms with E-state index in [4.69, 9.17) is 5.73 Å². The number of halogens is 10. The molecule has 0 saturated carbocycles. The van der Waals surface area contributed by atoms with Gasteiger partial charge >= 0.3 is 24.9 Å². The molecule has 39 heavy (non-hydrogen) atoms. The maximum absolute atomic E-state index is 13.6. The molecule has 0 bridgehead atoms. The van der Waals surface area contributed by atoms with Crippen LogP contribution in [0, 0.1) is 0 Å². The SMILES string of the molecule is NC(O)(Cc1cccc(Cc2cccc(OC(F)(F)C(F)F)c2)c1Cc1ccccc1C(F)(F)F)C(F)(F)F. The highest BCUT2D eigenvalue weighted by atomic mass is 19.4. The summed E-state index contributed by atoms with van der Waals surface area (Å²) < 4.78 is 137. The Balaban J connectivity index is 2.08. The molecule has 0 amide bonds. The van der Waals surface area contributed by atoms with E-state index in [2.05, 4.69) is 4.74 Å². The molecule has 0 aliphatic carbocycles. The predicted molar refractivity (Wildman–Crippen MR) is 120 cm³/mol. The maximum Gasteiger partial charge on any atom is 0.461 e. The summed E-state index contributed by atoms with van der Waals surface area (Å²) in [6.07, 6.45) is -20.9. The Morgan fingerprint density at radius 2 is 1.33 bits per heavy atom. The van der Waals surface area contributed by atoms with Gasteiger partial charge in [-0.15, -0.1) is 0 Å². The molecule has 0 heterocycles. The number of hydrogen-bond acceptors (Lipinski definition) is 3. The van der Waals surface area contributed by atoms with Crippen LogP contribution in [0.25, 0.3) is 0 Å². The van der Waals surface area contributed by atoms with Gasteiger partial charge in [-0.2, -0.15) is 43.9 Å². The van der Waals surface area contributed by atoms with Gasteiger partial charge in [0.15, 0.2) is 0 Å². The Morgan fingerprint density at radius 3 is 1.95 bits per heavy atom. The van der Waals surface area contributed by atoms with Crippen LogP contribution < -0.4 is 10.5 Å². The number of nitrogens with two attached hydrogens (primary N) is 1. The summed E-state index contributed by atoms with van der Waals surface area (Å²) >= 11 is 0. The fraction of sp³-hybridized carbons (Fsp3) is 0.308. The van der Waals surface area contributed by atoms with Gasteiger partial charge < -0.3 is 9.84 Å². The molecule has 0 saturated heterocycles. The molecule has 0 aliphatic rings. The lowest BCUT2D eigenvalue weighted by Gasteiger charge is -2.28. The monoisotopic (exact) mass is 569 g/mol. The topological polar surface area (TPSA) is 55.5 Å². The predicted octanol–water partition coefficient (Wildman–Crippen LogP) is 6.88. The van der Waals surface area contributed by atoms with E-state index in [1.165, 1.54) is 36.4 Å². The number of aliphatic hydroxyl groups is 1. The summed E-state index contributed by atoms with van der Waals surface area (Å²) in [5, 5.41) is 9.87. The first-order valence-corrected chi connectivity index (χ1v) is 11.2. The van der Waals surface area contributed by atoms with Gasteiger partial charge in [0.05, 0.1) is 5.56 Å². The van der Waals surface area contributed by atoms with Gasteiger partial charge in [-0.05, 0) is 58.9 Å². The first-order valence-electron chi connectivity index (χ1n) is 11.2. The number of hydrogen-bond donors (Lipinski definition) is 2. The molecule has 0 aliphatic heterocycles. The van der Waals surface area contributed by atoms with Crippen molar-refractivity contribution < 1.29 is 53.7 Å². The standard InChI is InChI=1S/C26H21F10NO2/c27-22(28)25(32,33)39-19-9-3-5-15(12-19)11-16-7-4-8-18(14-23(37,38)26(34,35)36)20(16)13-17-6-1-2-10-21(17)24(29,30)31/h1-10,12,22,38H,11,13-14,37H2. The molecular formula is C26H21F10NO2. The van der Waals surface area contributed by atoms with Crippen LogP contribution in [0.2, 0.25) is 0 Å². The van der Waals surface area contributed by atoms with E-state index >= 15 is 0 Å². The first kappa shape index (κ1) is 30.2. The average molecular weight is 569 g/mol. The van der Waals surface area contributed by atoms with E-state index in [-0.39, 0.29) is 34.2 Å². The molecule has 212 valence electrons. The van der Waals surface area contributed by atoms with Gasteiger partial charge in [-0.3, -0.25) is 5.73 Å². The highest BCUT2D eigenvalue weighted by Gasteiger charge is 2.51. The second kappa shape index (κ2) is 11.0. The zero-order chi connectivity index (χ0) is 29.2. The van der Waals surface area contributed by atoms with Crippen molar-refractivity contribution in [2.24, 2.45) is 5.73 Å². The van der Waals surface area contributed by atoms with Crippen molar-refractivity contribution >= 4 is 0 Å². The molecule has 0 fully saturated rings. The molecule has 3 rings (SSSR count). The highest BCUT2D eigenvalue weighted by Crippen LogP contribution is 2.36. The molecule has 3 aromatic carbocycles. The van der Waals surface area contributed by atoms with Gasteiger partial charge in [0, 0.05) is 6.42 Å². The minimum absolute atomic E-state index is 0.0217. The molecule has 3 aromatic rings. The lowest BCUT2D eigenvalue weighted by atomic mass is 9.87. The molecule has 0 radical (unpaired) electrons. The lowest BCUT2D eigenvalue weighted by Crippen LogP contribution is -2.55. The van der Waals surface area contributed by atoms with Crippen molar-refractivity contribution in [3.05, 3.63) is 100 Å². The normalized spacial score (nSPS) is 14.4. The summed E-state index contributed by atoms with van der Waals surface area (Å²) in [6.45, 7) is 0. The Bertz CT molecular complexity index is 1290. The molecule has 3 N–H and O–H groups in total. The summed E-state index contributed by atoms with van der Waals surface area (Å²) in [5.41, 5.74) is 0.207. The van der Waals surface area contributed by atoms with Crippen molar-refractivity contribution in [2.45, 2.75) is 49.9 Å². The maximum atomic E-state index is 13.6. The van der Waals surface area contributed by atoms with E-state index in [0.29, 0.717) is 0 Å². The minimum atomic E-state index is -5.27. The molecule has 1 unspecified atom stereocenters. The van der Waals surface area contributed by atoms with Crippen molar-refractivity contribution in [3.63, 3.8) is 0 Å². The van der Waals surface area contributed by atoms with Crippen molar-refractivity contribution in [2.75, 3.05) is 0 Å². The third-order valence-corrected chi connectivity index (χ3v) is 5.81. The largest absolute Gasteiger partial charge is 0.461 e. The Labute approximate surface area is 215 Å². The molecule has 0 aromatic heterocycles. The second-order valence-corrected chi connectivity index (χ2v) is 8.77. The van der Waals surface area contributed by atoms with Crippen LogP contribution in [0.5, 0.6) is 5.75 Å². The Hall–Kier alpha value is -3.32. The van der Waals surface area contributed by atoms with Gasteiger partial charge in [0.25, 0.3) is 0 Å². The summed E-state index contributed by atoms with van der Waals surface area (Å²) in [7, 11) is 0. The third-order valence-electron chi connectivity index (χ3n) is 5.81. The van der Waals surface area contributed by atoms with Crippen molar-refractivity contribution in [1.29, 1.82) is 0 Å². The van der Waals surface area contributed by atoms with Crippen LogP contribution in [0.3, 0.4) is 0 Å². The van der Waals surface area contributed by atoms with Gasteiger partial charge in [-0.25, -0.2) is 0 Å². The van der Waals surface area contributed by atoms with Crippen LogP contribution in [-0.2, 0) is 25.4 Å². The van der Waals surface area contributed by atoms with E-state index in [9.17, 15) is 49.0 Å². The summed E-state index contributed by atoms with van der Waals surface area (Å²) in [4.78, 5) is 0. The summed E-state index contributed by atoms with van der Waals surface area (Å²) in [5.74, 6) is -0.633. The van der Waals surface area contributed by atoms with Crippen molar-refractivity contribution in [3.8, 4) is 5.75 Å². The molecule has 0 spiro atoms. The zero-order valence-electron chi connectivity index (χ0n) is 19.8. The zero-order valence-corrected chi connectivity index (χ0v) is 19.8. The minimum Gasteiger partial charge on any atom is -0.428 e. The number of benzene rings is 3. The van der Waals surface area contributed by atoms with Crippen LogP contribution in [0.4, 0.5) is 43.9 Å². The Morgan fingerprint density at radius 1 is 0.744 bits per heavy atom. The van der Waals surface area contributed by atoms with Crippen LogP contribution in [0.15, 0.2) is 66.7 Å². The van der Waals surface area contributed by atoms with Gasteiger partial charge in [0.2, 0.25) is 5.72 Å². The molecule has 13 heteroatoms. The van der Waals surface area contributed by atoms with Gasteiger partial charge in [-0.1, -0.05) is 48.5 Å². The van der Waals surface area contributed by atoms with E-state index in [0.717, 1.165) is 30.3 Å². The van der Waals surface area contributed by atoms with Crippen molar-refractivity contribution in [1.82, 2.24) is 0 Å². The fourth-order valence-electron chi connectivity index (χ4n) is 3.92. The fourth-order valence-corrected chi connectivity index (χ4v) is 3.92. The average Bonchev–Trinajstić information content (AvgIpc) is 2.79. The first-order chi connectivity index (χ1) is 17.9. The van der Waals surface area contributed by atoms with Gasteiger partial charge in [0.1, 0.15) is 5.75 Å². The number of ether oxygens (including phenoxy) is 1. The smallest absolute Gasteiger partial charge is 0.428 e. The highest BCUT2D eigenvalue weighted by molar-refractivity contribution is 5.45. The Kier molecular flexibility index (Phi) is 8.56. The van der Waals surface area contributed by atoms with E-state index in [1.807, 2.05) is 0 Å². The third kappa shape index (κ3) is 7.41.